The molecule has 0 aromatic heterocycles. The van der Waals surface area contributed by atoms with Crippen LogP contribution >= 0.6 is 15.9 Å². The van der Waals surface area contributed by atoms with E-state index in [9.17, 15) is 0 Å². The molecule has 0 spiro atoms. The molecular weight excluding hydrogens is 290 g/mol. The van der Waals surface area contributed by atoms with Crippen LogP contribution in [0.4, 0.5) is 0 Å². The molecule has 1 aromatic rings. The summed E-state index contributed by atoms with van der Waals surface area (Å²) < 4.78 is 6.74. The first-order valence-corrected chi connectivity index (χ1v) is 7.38. The number of hydrogen-bond acceptors (Lipinski definition) is 2. The Morgan fingerprint density at radius 1 is 1.28 bits per heavy atom. The van der Waals surface area contributed by atoms with Crippen LogP contribution in [0.1, 0.15) is 46.1 Å². The van der Waals surface area contributed by atoms with Gasteiger partial charge in [0.25, 0.3) is 0 Å². The number of benzene rings is 1. The average Bonchev–Trinajstić information content (AvgIpc) is 2.28. The minimum Gasteiger partial charge on any atom is -0.492 e. The van der Waals surface area contributed by atoms with Crippen LogP contribution in [0.15, 0.2) is 22.7 Å². The van der Waals surface area contributed by atoms with Crippen LogP contribution in [0.3, 0.4) is 0 Å². The predicted molar refractivity (Wildman–Crippen MR) is 81.1 cm³/mol. The summed E-state index contributed by atoms with van der Waals surface area (Å²) in [5, 5.41) is 3.48. The molecule has 0 unspecified atom stereocenters. The van der Waals surface area contributed by atoms with E-state index in [4.69, 9.17) is 4.74 Å². The Morgan fingerprint density at radius 2 is 2.00 bits per heavy atom. The number of ether oxygens (including phenoxy) is 1. The molecule has 0 saturated carbocycles. The predicted octanol–water partition coefficient (Wildman–Crippen LogP) is 4.52. The summed E-state index contributed by atoms with van der Waals surface area (Å²) in [6, 6.07) is 6.28. The molecular formula is C15H24BrNO. The molecule has 0 saturated heterocycles. The Labute approximate surface area is 119 Å². The van der Waals surface area contributed by atoms with Crippen molar-refractivity contribution < 1.29 is 4.74 Å². The summed E-state index contributed by atoms with van der Waals surface area (Å²) in [6.45, 7) is 10.3. The Morgan fingerprint density at radius 3 is 2.56 bits per heavy atom. The standard InChI is InChI=1S/C15H24BrNO/c1-5-6-9-18-14-8-7-12(10-13(14)16)11-17-15(2,3)4/h7-8,10,17H,5-6,9,11H2,1-4H3. The average molecular weight is 314 g/mol. The molecule has 0 aliphatic carbocycles. The van der Waals surface area contributed by atoms with E-state index in [0.29, 0.717) is 0 Å². The van der Waals surface area contributed by atoms with Gasteiger partial charge in [-0.05, 0) is 60.8 Å². The topological polar surface area (TPSA) is 21.3 Å². The van der Waals surface area contributed by atoms with Crippen molar-refractivity contribution in [3.63, 3.8) is 0 Å². The summed E-state index contributed by atoms with van der Waals surface area (Å²) in [4.78, 5) is 0. The normalized spacial score (nSPS) is 11.6. The first-order chi connectivity index (χ1) is 8.42. The van der Waals surface area contributed by atoms with E-state index < -0.39 is 0 Å². The van der Waals surface area contributed by atoms with Crippen molar-refractivity contribution in [1.29, 1.82) is 0 Å². The van der Waals surface area contributed by atoms with E-state index in [2.05, 4.69) is 61.1 Å². The molecule has 0 heterocycles. The van der Waals surface area contributed by atoms with Gasteiger partial charge in [-0.15, -0.1) is 0 Å². The lowest BCUT2D eigenvalue weighted by Crippen LogP contribution is -2.35. The van der Waals surface area contributed by atoms with Crippen molar-refractivity contribution >= 4 is 15.9 Å². The SMILES string of the molecule is CCCCOc1ccc(CNC(C)(C)C)cc1Br. The number of nitrogens with one attached hydrogen (secondary N) is 1. The fourth-order valence-corrected chi connectivity index (χ4v) is 2.01. The number of rotatable bonds is 6. The Kier molecular flexibility index (Phi) is 6.16. The van der Waals surface area contributed by atoms with E-state index in [-0.39, 0.29) is 5.54 Å². The molecule has 1 aromatic carbocycles. The first-order valence-electron chi connectivity index (χ1n) is 6.58. The Hall–Kier alpha value is -0.540. The van der Waals surface area contributed by atoms with Gasteiger partial charge in [0.2, 0.25) is 0 Å². The van der Waals surface area contributed by atoms with E-state index in [1.165, 1.54) is 5.56 Å². The zero-order valence-corrected chi connectivity index (χ0v) is 13.4. The molecule has 18 heavy (non-hydrogen) atoms. The summed E-state index contributed by atoms with van der Waals surface area (Å²) in [7, 11) is 0. The molecule has 0 amide bonds. The van der Waals surface area contributed by atoms with Gasteiger partial charge < -0.3 is 10.1 Å². The highest BCUT2D eigenvalue weighted by Gasteiger charge is 2.09. The quantitative estimate of drug-likeness (QED) is 0.780. The molecule has 3 heteroatoms. The van der Waals surface area contributed by atoms with Crippen molar-refractivity contribution in [2.45, 2.75) is 52.6 Å². The van der Waals surface area contributed by atoms with Crippen LogP contribution in [0.5, 0.6) is 5.75 Å². The third kappa shape index (κ3) is 5.87. The van der Waals surface area contributed by atoms with Gasteiger partial charge in [-0.2, -0.15) is 0 Å². The molecule has 1 N–H and O–H groups in total. The van der Waals surface area contributed by atoms with E-state index in [1.54, 1.807) is 0 Å². The Bertz CT molecular complexity index is 371. The van der Waals surface area contributed by atoms with Gasteiger partial charge in [-0.3, -0.25) is 0 Å². The van der Waals surface area contributed by atoms with Gasteiger partial charge in [-0.1, -0.05) is 19.4 Å². The third-order valence-corrected chi connectivity index (χ3v) is 3.19. The van der Waals surface area contributed by atoms with Gasteiger partial charge in [-0.25, -0.2) is 0 Å². The van der Waals surface area contributed by atoms with Crippen LogP contribution in [-0.4, -0.2) is 12.1 Å². The highest BCUT2D eigenvalue weighted by molar-refractivity contribution is 9.10. The van der Waals surface area contributed by atoms with Crippen LogP contribution in [0.25, 0.3) is 0 Å². The lowest BCUT2D eigenvalue weighted by atomic mass is 10.1. The van der Waals surface area contributed by atoms with Gasteiger partial charge in [0.15, 0.2) is 0 Å². The Balaban J connectivity index is 2.56. The van der Waals surface area contributed by atoms with E-state index >= 15 is 0 Å². The zero-order chi connectivity index (χ0) is 13.6. The fraction of sp³-hybridized carbons (Fsp3) is 0.600. The second-order valence-electron chi connectivity index (χ2n) is 5.57. The minimum atomic E-state index is 0.142. The number of halogens is 1. The van der Waals surface area contributed by atoms with Gasteiger partial charge in [0.05, 0.1) is 11.1 Å². The molecule has 0 bridgehead atoms. The van der Waals surface area contributed by atoms with Crippen LogP contribution in [0, 0.1) is 0 Å². The molecule has 102 valence electrons. The number of hydrogen-bond donors (Lipinski definition) is 1. The maximum atomic E-state index is 5.71. The van der Waals surface area contributed by atoms with Crippen molar-refractivity contribution in [2.75, 3.05) is 6.61 Å². The molecule has 2 nitrogen and oxygen atoms in total. The third-order valence-electron chi connectivity index (χ3n) is 2.57. The summed E-state index contributed by atoms with van der Waals surface area (Å²) in [5.74, 6) is 0.933. The minimum absolute atomic E-state index is 0.142. The lowest BCUT2D eigenvalue weighted by Gasteiger charge is -2.20. The highest BCUT2D eigenvalue weighted by atomic mass is 79.9. The second-order valence-corrected chi connectivity index (χ2v) is 6.42. The smallest absolute Gasteiger partial charge is 0.133 e. The van der Waals surface area contributed by atoms with Crippen molar-refractivity contribution in [3.8, 4) is 5.75 Å². The van der Waals surface area contributed by atoms with Crippen molar-refractivity contribution in [3.05, 3.63) is 28.2 Å². The highest BCUT2D eigenvalue weighted by Crippen LogP contribution is 2.26. The molecule has 1 rings (SSSR count). The van der Waals surface area contributed by atoms with Gasteiger partial charge in [0.1, 0.15) is 5.75 Å². The van der Waals surface area contributed by atoms with Crippen LogP contribution in [-0.2, 0) is 6.54 Å². The maximum absolute atomic E-state index is 5.71. The molecule has 0 radical (unpaired) electrons. The zero-order valence-electron chi connectivity index (χ0n) is 11.8. The summed E-state index contributed by atoms with van der Waals surface area (Å²) in [5.41, 5.74) is 1.41. The van der Waals surface area contributed by atoms with Gasteiger partial charge >= 0.3 is 0 Å². The van der Waals surface area contributed by atoms with Crippen molar-refractivity contribution in [1.82, 2.24) is 5.32 Å². The van der Waals surface area contributed by atoms with Crippen LogP contribution < -0.4 is 10.1 Å². The van der Waals surface area contributed by atoms with Gasteiger partial charge in [0, 0.05) is 12.1 Å². The maximum Gasteiger partial charge on any atom is 0.133 e. The monoisotopic (exact) mass is 313 g/mol. The molecule has 0 fully saturated rings. The molecule has 0 atom stereocenters. The fourth-order valence-electron chi connectivity index (χ4n) is 1.47. The van der Waals surface area contributed by atoms with E-state index in [1.807, 2.05) is 6.07 Å². The molecule has 0 aliphatic rings. The summed E-state index contributed by atoms with van der Waals surface area (Å²) in [6.07, 6.45) is 2.25. The largest absolute Gasteiger partial charge is 0.492 e. The second kappa shape index (κ2) is 7.15. The van der Waals surface area contributed by atoms with Crippen molar-refractivity contribution in [2.24, 2.45) is 0 Å². The number of unbranched alkanes of at least 4 members (excludes halogenated alkanes) is 1. The molecule has 0 aliphatic heterocycles. The lowest BCUT2D eigenvalue weighted by molar-refractivity contribution is 0.307. The first kappa shape index (κ1) is 15.5. The van der Waals surface area contributed by atoms with Crippen LogP contribution in [0.2, 0.25) is 0 Å². The summed E-state index contributed by atoms with van der Waals surface area (Å²) >= 11 is 3.57. The van der Waals surface area contributed by atoms with E-state index in [0.717, 1.165) is 36.2 Å².